The second-order valence-corrected chi connectivity index (χ2v) is 6.02. The number of para-hydroxylation sites is 1. The van der Waals surface area contributed by atoms with Gasteiger partial charge in [-0.2, -0.15) is 0 Å². The van der Waals surface area contributed by atoms with E-state index in [-0.39, 0.29) is 11.4 Å². The molecule has 0 radical (unpaired) electrons. The van der Waals surface area contributed by atoms with Gasteiger partial charge in [-0.3, -0.25) is 4.79 Å². The number of ether oxygens (including phenoxy) is 2. The average molecular weight is 373 g/mol. The predicted octanol–water partition coefficient (Wildman–Crippen LogP) is 4.30. The second kappa shape index (κ2) is 7.83. The fourth-order valence-corrected chi connectivity index (χ4v) is 2.93. The first-order valence-corrected chi connectivity index (χ1v) is 8.49. The Labute approximate surface area is 153 Å². The van der Waals surface area contributed by atoms with Gasteiger partial charge in [-0.15, -0.1) is 11.3 Å². The van der Waals surface area contributed by atoms with Crippen LogP contribution < -0.4 is 20.1 Å². The van der Waals surface area contributed by atoms with E-state index in [2.05, 4.69) is 15.6 Å². The quantitative estimate of drug-likeness (QED) is 0.674. The number of hydrogen-bond donors (Lipinski definition) is 2. The van der Waals surface area contributed by atoms with Crippen molar-refractivity contribution in [1.82, 2.24) is 4.98 Å². The number of amides is 1. The Hall–Kier alpha value is -3.13. The van der Waals surface area contributed by atoms with Crippen LogP contribution in [-0.4, -0.2) is 25.1 Å². The van der Waals surface area contributed by atoms with Gasteiger partial charge in [0, 0.05) is 17.1 Å². The summed E-state index contributed by atoms with van der Waals surface area (Å²) in [5.41, 5.74) is 1.04. The van der Waals surface area contributed by atoms with E-state index in [1.165, 1.54) is 23.5 Å². The number of carbonyl (C=O) groups excluding carboxylic acids is 1. The first-order valence-electron chi connectivity index (χ1n) is 7.61. The summed E-state index contributed by atoms with van der Waals surface area (Å²) in [6.07, 6.45) is 0. The summed E-state index contributed by atoms with van der Waals surface area (Å²) in [7, 11) is 3.11. The topological polar surface area (TPSA) is 72.5 Å². The van der Waals surface area contributed by atoms with E-state index in [0.29, 0.717) is 16.6 Å². The Morgan fingerprint density at radius 1 is 1.12 bits per heavy atom. The van der Waals surface area contributed by atoms with E-state index in [9.17, 15) is 9.18 Å². The van der Waals surface area contributed by atoms with Crippen LogP contribution >= 0.6 is 11.3 Å². The van der Waals surface area contributed by atoms with Gasteiger partial charge in [-0.1, -0.05) is 12.1 Å². The first kappa shape index (κ1) is 17.7. The Bertz CT molecular complexity index is 930. The maximum atomic E-state index is 13.6. The number of thiazole rings is 1. The van der Waals surface area contributed by atoms with E-state index in [1.54, 1.807) is 43.9 Å². The molecule has 134 valence electrons. The van der Waals surface area contributed by atoms with Gasteiger partial charge in [0.1, 0.15) is 11.5 Å². The van der Waals surface area contributed by atoms with Gasteiger partial charge in [-0.25, -0.2) is 9.37 Å². The minimum Gasteiger partial charge on any atom is -0.493 e. The summed E-state index contributed by atoms with van der Waals surface area (Å²) >= 11 is 1.26. The average Bonchev–Trinajstić information content (AvgIpc) is 3.12. The molecule has 26 heavy (non-hydrogen) atoms. The van der Waals surface area contributed by atoms with Crippen molar-refractivity contribution in [2.75, 3.05) is 24.9 Å². The van der Waals surface area contributed by atoms with Gasteiger partial charge in [0.05, 0.1) is 19.9 Å². The number of anilines is 3. The molecule has 0 spiro atoms. The van der Waals surface area contributed by atoms with Gasteiger partial charge in [0.2, 0.25) is 0 Å². The summed E-state index contributed by atoms with van der Waals surface area (Å²) in [5, 5.41) is 7.72. The number of nitrogens with one attached hydrogen (secondary N) is 2. The number of carbonyl (C=O) groups is 1. The van der Waals surface area contributed by atoms with Crippen molar-refractivity contribution >= 4 is 33.8 Å². The highest BCUT2D eigenvalue weighted by Gasteiger charge is 2.13. The lowest BCUT2D eigenvalue weighted by Crippen LogP contribution is -2.13. The number of halogens is 1. The lowest BCUT2D eigenvalue weighted by Gasteiger charge is -2.09. The molecule has 1 heterocycles. The normalized spacial score (nSPS) is 10.3. The molecule has 0 saturated carbocycles. The highest BCUT2D eigenvalue weighted by atomic mass is 32.1. The second-order valence-electron chi connectivity index (χ2n) is 5.17. The molecule has 0 aliphatic heterocycles. The predicted molar refractivity (Wildman–Crippen MR) is 99.3 cm³/mol. The van der Waals surface area contributed by atoms with Crippen molar-refractivity contribution in [3.8, 4) is 11.5 Å². The number of rotatable bonds is 6. The summed E-state index contributed by atoms with van der Waals surface area (Å²) < 4.78 is 24.1. The van der Waals surface area contributed by atoms with Crippen molar-refractivity contribution in [3.63, 3.8) is 0 Å². The van der Waals surface area contributed by atoms with Crippen LogP contribution in [0.15, 0.2) is 47.8 Å². The number of nitrogens with zero attached hydrogens (tertiary/aromatic N) is 1. The Morgan fingerprint density at radius 2 is 1.88 bits per heavy atom. The fraction of sp³-hybridized carbons (Fsp3) is 0.111. The van der Waals surface area contributed by atoms with Crippen LogP contribution in [0.5, 0.6) is 11.5 Å². The Kier molecular flexibility index (Phi) is 5.33. The van der Waals surface area contributed by atoms with E-state index in [0.717, 1.165) is 5.69 Å². The van der Waals surface area contributed by atoms with Gasteiger partial charge in [0.15, 0.2) is 16.6 Å². The molecular formula is C18H16FN3O3S. The zero-order valence-electron chi connectivity index (χ0n) is 14.1. The maximum absolute atomic E-state index is 13.6. The molecule has 8 heteroatoms. The van der Waals surface area contributed by atoms with E-state index >= 15 is 0 Å². The van der Waals surface area contributed by atoms with E-state index in [1.807, 2.05) is 6.07 Å². The van der Waals surface area contributed by atoms with Crippen molar-refractivity contribution < 1.29 is 18.7 Å². The number of methoxy groups -OCH3 is 2. The van der Waals surface area contributed by atoms with Crippen LogP contribution in [0.3, 0.4) is 0 Å². The molecule has 0 bridgehead atoms. The van der Waals surface area contributed by atoms with Crippen molar-refractivity contribution in [2.45, 2.75) is 0 Å². The molecule has 0 aliphatic carbocycles. The van der Waals surface area contributed by atoms with Crippen LogP contribution in [0, 0.1) is 5.82 Å². The lowest BCUT2D eigenvalue weighted by atomic mass is 10.3. The van der Waals surface area contributed by atoms with Crippen LogP contribution in [0.25, 0.3) is 0 Å². The molecule has 2 aromatic carbocycles. The van der Waals surface area contributed by atoms with Crippen molar-refractivity contribution in [3.05, 3.63) is 59.4 Å². The lowest BCUT2D eigenvalue weighted by molar-refractivity contribution is 0.102. The van der Waals surface area contributed by atoms with Crippen LogP contribution in [-0.2, 0) is 0 Å². The first-order chi connectivity index (χ1) is 12.6. The minimum absolute atomic E-state index is 0.111. The maximum Gasteiger partial charge on any atom is 0.275 e. The summed E-state index contributed by atoms with van der Waals surface area (Å²) in [6, 6.07) is 11.3. The molecule has 3 rings (SSSR count). The molecule has 6 nitrogen and oxygen atoms in total. The molecule has 0 unspecified atom stereocenters. The highest BCUT2D eigenvalue weighted by molar-refractivity contribution is 7.14. The van der Waals surface area contributed by atoms with Crippen molar-refractivity contribution in [1.29, 1.82) is 0 Å². The zero-order valence-corrected chi connectivity index (χ0v) is 14.9. The molecular weight excluding hydrogens is 357 g/mol. The summed E-state index contributed by atoms with van der Waals surface area (Å²) in [5.74, 6) is 0.209. The van der Waals surface area contributed by atoms with E-state index in [4.69, 9.17) is 9.47 Å². The Balaban J connectivity index is 1.72. The zero-order chi connectivity index (χ0) is 18.5. The van der Waals surface area contributed by atoms with Gasteiger partial charge in [0.25, 0.3) is 5.91 Å². The monoisotopic (exact) mass is 373 g/mol. The van der Waals surface area contributed by atoms with Crippen molar-refractivity contribution in [2.24, 2.45) is 0 Å². The molecule has 0 atom stereocenters. The minimum atomic E-state index is -0.500. The molecule has 2 N–H and O–H groups in total. The molecule has 0 fully saturated rings. The third-order valence-corrected chi connectivity index (χ3v) is 4.25. The van der Waals surface area contributed by atoms with Gasteiger partial charge < -0.3 is 20.1 Å². The van der Waals surface area contributed by atoms with Crippen LogP contribution in [0.2, 0.25) is 0 Å². The molecule has 0 saturated heterocycles. The van der Waals surface area contributed by atoms with E-state index < -0.39 is 11.7 Å². The number of hydrogen-bond acceptors (Lipinski definition) is 6. The molecule has 1 amide bonds. The third-order valence-electron chi connectivity index (χ3n) is 3.49. The van der Waals surface area contributed by atoms with Gasteiger partial charge in [-0.05, 0) is 24.3 Å². The SMILES string of the molecule is COc1ccc(Nc2nc(C(=O)Nc3ccccc3F)cs2)cc1OC. The third kappa shape index (κ3) is 3.92. The molecule has 1 aromatic heterocycles. The largest absolute Gasteiger partial charge is 0.493 e. The van der Waals surface area contributed by atoms with Crippen LogP contribution in [0.1, 0.15) is 10.5 Å². The fourth-order valence-electron chi connectivity index (χ4n) is 2.22. The summed E-state index contributed by atoms with van der Waals surface area (Å²) in [4.78, 5) is 16.4. The number of aromatic nitrogens is 1. The highest BCUT2D eigenvalue weighted by Crippen LogP contribution is 2.31. The van der Waals surface area contributed by atoms with Crippen LogP contribution in [0.4, 0.5) is 20.9 Å². The summed E-state index contributed by atoms with van der Waals surface area (Å²) in [6.45, 7) is 0. The van der Waals surface area contributed by atoms with Gasteiger partial charge >= 0.3 is 0 Å². The molecule has 3 aromatic rings. The Morgan fingerprint density at radius 3 is 2.62 bits per heavy atom. The smallest absolute Gasteiger partial charge is 0.275 e. The standard InChI is InChI=1S/C18H16FN3O3S/c1-24-15-8-7-11(9-16(15)25-2)20-18-22-14(10-26-18)17(23)21-13-6-4-3-5-12(13)19/h3-10H,1-2H3,(H,20,22)(H,21,23). The number of benzene rings is 2. The molecule has 0 aliphatic rings.